The third-order valence-corrected chi connectivity index (χ3v) is 4.08. The van der Waals surface area contributed by atoms with Crippen molar-refractivity contribution in [3.63, 3.8) is 0 Å². The molecular weight excluding hydrogens is 272 g/mol. The van der Waals surface area contributed by atoms with E-state index in [1.165, 1.54) is 11.3 Å². The van der Waals surface area contributed by atoms with Crippen LogP contribution >= 0.6 is 11.3 Å². The highest BCUT2D eigenvalue weighted by molar-refractivity contribution is 7.07. The van der Waals surface area contributed by atoms with Crippen LogP contribution in [0.25, 0.3) is 0 Å². The van der Waals surface area contributed by atoms with Crippen LogP contribution in [0.15, 0.2) is 17.0 Å². The number of likely N-dealkylation sites (tertiary alicyclic amines) is 1. The summed E-state index contributed by atoms with van der Waals surface area (Å²) in [7, 11) is 0. The van der Waals surface area contributed by atoms with Gasteiger partial charge in [0, 0.05) is 35.8 Å². The van der Waals surface area contributed by atoms with E-state index in [1.807, 2.05) is 24.8 Å². The Labute approximate surface area is 121 Å². The van der Waals surface area contributed by atoms with E-state index in [1.54, 1.807) is 10.9 Å². The smallest absolute Gasteiger partial charge is 0.273 e. The van der Waals surface area contributed by atoms with Crippen LogP contribution in [0.1, 0.15) is 40.0 Å². The molecular formula is C14H16N4OS. The van der Waals surface area contributed by atoms with Gasteiger partial charge in [0.25, 0.3) is 5.91 Å². The Balaban J connectivity index is 1.75. The standard InChI is InChI=1S/C14H16N4OS/c1-9-5-10(2)17-13(16-9)11-3-4-18(6-11)14(19)12-7-20-8-15-12/h5,7-8,11H,3-4,6H2,1-2H3. The average molecular weight is 288 g/mol. The fourth-order valence-electron chi connectivity index (χ4n) is 2.57. The normalized spacial score (nSPS) is 18.5. The van der Waals surface area contributed by atoms with Crippen molar-refractivity contribution < 1.29 is 4.79 Å². The zero-order chi connectivity index (χ0) is 14.1. The van der Waals surface area contributed by atoms with Crippen molar-refractivity contribution in [1.29, 1.82) is 0 Å². The van der Waals surface area contributed by atoms with Gasteiger partial charge in [-0.25, -0.2) is 15.0 Å². The minimum atomic E-state index is 0.0122. The number of hydrogen-bond acceptors (Lipinski definition) is 5. The highest BCUT2D eigenvalue weighted by atomic mass is 32.1. The lowest BCUT2D eigenvalue weighted by atomic mass is 10.1. The lowest BCUT2D eigenvalue weighted by Gasteiger charge is -2.15. The fraction of sp³-hybridized carbons (Fsp3) is 0.429. The van der Waals surface area contributed by atoms with Gasteiger partial charge in [0.15, 0.2) is 0 Å². The highest BCUT2D eigenvalue weighted by Gasteiger charge is 2.30. The van der Waals surface area contributed by atoms with Crippen LogP contribution in [0.5, 0.6) is 0 Å². The first-order valence-electron chi connectivity index (χ1n) is 6.63. The zero-order valence-corrected chi connectivity index (χ0v) is 12.4. The Morgan fingerprint density at radius 3 is 2.75 bits per heavy atom. The SMILES string of the molecule is Cc1cc(C)nc(C2CCN(C(=O)c3cscn3)C2)n1. The second-order valence-electron chi connectivity index (χ2n) is 5.12. The summed E-state index contributed by atoms with van der Waals surface area (Å²) < 4.78 is 0. The van der Waals surface area contributed by atoms with Gasteiger partial charge in [0.05, 0.1) is 5.51 Å². The summed E-state index contributed by atoms with van der Waals surface area (Å²) in [4.78, 5) is 27.2. The first kappa shape index (κ1) is 13.2. The van der Waals surface area contributed by atoms with Crippen molar-refractivity contribution in [3.05, 3.63) is 39.9 Å². The maximum atomic E-state index is 12.2. The Morgan fingerprint density at radius 2 is 2.10 bits per heavy atom. The summed E-state index contributed by atoms with van der Waals surface area (Å²) in [6.45, 7) is 5.38. The fourth-order valence-corrected chi connectivity index (χ4v) is 3.10. The molecule has 0 N–H and O–H groups in total. The maximum absolute atomic E-state index is 12.2. The first-order chi connectivity index (χ1) is 9.63. The van der Waals surface area contributed by atoms with E-state index in [9.17, 15) is 4.79 Å². The van der Waals surface area contributed by atoms with Crippen molar-refractivity contribution in [1.82, 2.24) is 19.9 Å². The summed E-state index contributed by atoms with van der Waals surface area (Å²) in [5, 5.41) is 1.79. The molecule has 2 aromatic heterocycles. The van der Waals surface area contributed by atoms with Gasteiger partial charge in [-0.15, -0.1) is 11.3 Å². The van der Waals surface area contributed by atoms with Crippen LogP contribution in [0.3, 0.4) is 0 Å². The Kier molecular flexibility index (Phi) is 3.48. The molecule has 1 aliphatic heterocycles. The number of carbonyl (C=O) groups is 1. The highest BCUT2D eigenvalue weighted by Crippen LogP contribution is 2.26. The maximum Gasteiger partial charge on any atom is 0.273 e. The molecule has 6 heteroatoms. The summed E-state index contributed by atoms with van der Waals surface area (Å²) in [5.74, 6) is 1.10. The van der Waals surface area contributed by atoms with Gasteiger partial charge in [-0.1, -0.05) is 0 Å². The number of carbonyl (C=O) groups excluding carboxylic acids is 1. The van der Waals surface area contributed by atoms with Crippen LogP contribution < -0.4 is 0 Å². The molecule has 5 nitrogen and oxygen atoms in total. The van der Waals surface area contributed by atoms with Crippen LogP contribution in [0, 0.1) is 13.8 Å². The minimum Gasteiger partial charge on any atom is -0.337 e. The molecule has 20 heavy (non-hydrogen) atoms. The van der Waals surface area contributed by atoms with Crippen molar-refractivity contribution in [2.45, 2.75) is 26.2 Å². The van der Waals surface area contributed by atoms with Crippen molar-refractivity contribution in [2.75, 3.05) is 13.1 Å². The van der Waals surface area contributed by atoms with Gasteiger partial charge in [-0.2, -0.15) is 0 Å². The van der Waals surface area contributed by atoms with E-state index in [2.05, 4.69) is 15.0 Å². The number of nitrogens with zero attached hydrogens (tertiary/aromatic N) is 4. The molecule has 104 valence electrons. The number of thiazole rings is 1. The molecule has 1 amide bonds. The molecule has 0 bridgehead atoms. The molecule has 1 unspecified atom stereocenters. The number of hydrogen-bond donors (Lipinski definition) is 0. The minimum absolute atomic E-state index is 0.0122. The van der Waals surface area contributed by atoms with Crippen LogP contribution in [-0.4, -0.2) is 38.8 Å². The first-order valence-corrected chi connectivity index (χ1v) is 7.57. The third-order valence-electron chi connectivity index (χ3n) is 3.49. The molecule has 1 fully saturated rings. The molecule has 0 aromatic carbocycles. The predicted molar refractivity (Wildman–Crippen MR) is 76.9 cm³/mol. The van der Waals surface area contributed by atoms with Gasteiger partial charge >= 0.3 is 0 Å². The molecule has 3 rings (SSSR count). The summed E-state index contributed by atoms with van der Waals surface area (Å²) in [5.41, 5.74) is 4.19. The Hall–Kier alpha value is -1.82. The molecule has 3 heterocycles. The van der Waals surface area contributed by atoms with Crippen molar-refractivity contribution in [2.24, 2.45) is 0 Å². The molecule has 1 atom stereocenters. The molecule has 0 saturated carbocycles. The lowest BCUT2D eigenvalue weighted by Crippen LogP contribution is -2.28. The number of aromatic nitrogens is 3. The second kappa shape index (κ2) is 5.28. The quantitative estimate of drug-likeness (QED) is 0.850. The second-order valence-corrected chi connectivity index (χ2v) is 5.84. The largest absolute Gasteiger partial charge is 0.337 e. The summed E-state index contributed by atoms with van der Waals surface area (Å²) in [6.07, 6.45) is 0.915. The number of amides is 1. The van der Waals surface area contributed by atoms with E-state index in [4.69, 9.17) is 0 Å². The number of rotatable bonds is 2. The Morgan fingerprint density at radius 1 is 1.35 bits per heavy atom. The Bertz CT molecular complexity index is 606. The van der Waals surface area contributed by atoms with Gasteiger partial charge in [0.1, 0.15) is 11.5 Å². The molecule has 1 aliphatic rings. The van der Waals surface area contributed by atoms with Gasteiger partial charge in [0.2, 0.25) is 0 Å². The molecule has 1 saturated heterocycles. The molecule has 0 aliphatic carbocycles. The third kappa shape index (κ3) is 2.56. The van der Waals surface area contributed by atoms with Crippen molar-refractivity contribution >= 4 is 17.2 Å². The summed E-state index contributed by atoms with van der Waals surface area (Å²) in [6, 6.07) is 1.97. The number of aryl methyl sites for hydroxylation is 2. The topological polar surface area (TPSA) is 59.0 Å². The molecule has 0 spiro atoms. The van der Waals surface area contributed by atoms with E-state index in [0.29, 0.717) is 12.2 Å². The van der Waals surface area contributed by atoms with Crippen LogP contribution in [0.2, 0.25) is 0 Å². The van der Waals surface area contributed by atoms with E-state index in [0.717, 1.165) is 30.2 Å². The van der Waals surface area contributed by atoms with Gasteiger partial charge in [-0.05, 0) is 26.3 Å². The molecule has 2 aromatic rings. The van der Waals surface area contributed by atoms with E-state index >= 15 is 0 Å². The van der Waals surface area contributed by atoms with Crippen LogP contribution in [-0.2, 0) is 0 Å². The monoisotopic (exact) mass is 288 g/mol. The average Bonchev–Trinajstić information content (AvgIpc) is 3.09. The van der Waals surface area contributed by atoms with Crippen LogP contribution in [0.4, 0.5) is 0 Å². The molecule has 0 radical (unpaired) electrons. The van der Waals surface area contributed by atoms with Gasteiger partial charge in [-0.3, -0.25) is 4.79 Å². The van der Waals surface area contributed by atoms with E-state index < -0.39 is 0 Å². The van der Waals surface area contributed by atoms with E-state index in [-0.39, 0.29) is 11.8 Å². The summed E-state index contributed by atoms with van der Waals surface area (Å²) >= 11 is 1.44. The van der Waals surface area contributed by atoms with Gasteiger partial charge < -0.3 is 4.90 Å². The zero-order valence-electron chi connectivity index (χ0n) is 11.5. The lowest BCUT2D eigenvalue weighted by molar-refractivity contribution is 0.0785. The predicted octanol–water partition coefficient (Wildman–Crippen LogP) is 2.18. The van der Waals surface area contributed by atoms with Crippen molar-refractivity contribution in [3.8, 4) is 0 Å².